The van der Waals surface area contributed by atoms with Crippen molar-refractivity contribution in [1.29, 1.82) is 0 Å². The molecule has 0 aromatic rings. The molecule has 3 saturated heterocycles. The van der Waals surface area contributed by atoms with Gasteiger partial charge in [0.05, 0.1) is 0 Å². The minimum Gasteiger partial charge on any atom is -0.310 e. The zero-order valence-corrected chi connectivity index (χ0v) is 10.7. The van der Waals surface area contributed by atoms with Crippen LogP contribution in [0.3, 0.4) is 0 Å². The van der Waals surface area contributed by atoms with Crippen molar-refractivity contribution in [2.75, 3.05) is 19.6 Å². The van der Waals surface area contributed by atoms with Crippen molar-refractivity contribution in [1.82, 2.24) is 10.2 Å². The first-order valence-electron chi connectivity index (χ1n) is 7.60. The Hall–Kier alpha value is -0.340. The maximum Gasteiger partial charge on any atom is 0.0320 e. The van der Waals surface area contributed by atoms with Gasteiger partial charge in [-0.1, -0.05) is 18.1 Å². The van der Waals surface area contributed by atoms with Crippen LogP contribution in [0.5, 0.6) is 0 Å². The number of nitrogens with one attached hydrogen (secondary N) is 1. The van der Waals surface area contributed by atoms with E-state index >= 15 is 0 Å². The Bertz CT molecular complexity index is 336. The first-order valence-corrected chi connectivity index (χ1v) is 7.60. The van der Waals surface area contributed by atoms with Crippen LogP contribution >= 0.6 is 0 Å². The van der Waals surface area contributed by atoms with Crippen molar-refractivity contribution < 1.29 is 0 Å². The Kier molecular flexibility index (Phi) is 2.55. The molecule has 0 saturated carbocycles. The maximum absolute atomic E-state index is 3.78. The lowest BCUT2D eigenvalue weighted by Crippen LogP contribution is -2.58. The fraction of sp³-hybridized carbons (Fsp3) is 0.867. The smallest absolute Gasteiger partial charge is 0.0320 e. The highest BCUT2D eigenvalue weighted by atomic mass is 15.2. The van der Waals surface area contributed by atoms with Gasteiger partial charge in [-0.25, -0.2) is 0 Å². The standard InChI is InChI=1S/C15H24N2/c1-2-7-17-10-13-9-12(14(17)5-1)8-11-4-3-6-16-15(11)13/h8,12-16H,1-7,9-10H2/t12-,13+,14-,15+/m0/s1. The molecular formula is C15H24N2. The summed E-state index contributed by atoms with van der Waals surface area (Å²) in [6, 6.07) is 1.64. The number of nitrogens with zero attached hydrogens (tertiary/aromatic N) is 1. The van der Waals surface area contributed by atoms with Gasteiger partial charge in [0.25, 0.3) is 0 Å². The van der Waals surface area contributed by atoms with E-state index in [0.29, 0.717) is 0 Å². The molecule has 3 fully saturated rings. The molecule has 2 bridgehead atoms. The van der Waals surface area contributed by atoms with Gasteiger partial charge in [0.1, 0.15) is 0 Å². The minimum absolute atomic E-state index is 0.739. The van der Waals surface area contributed by atoms with E-state index in [2.05, 4.69) is 16.3 Å². The molecule has 0 radical (unpaired) electrons. The molecule has 94 valence electrons. The predicted octanol–water partition coefficient (Wildman–Crippen LogP) is 2.17. The average Bonchev–Trinajstić information content (AvgIpc) is 2.39. The van der Waals surface area contributed by atoms with Crippen LogP contribution in [0.15, 0.2) is 11.6 Å². The van der Waals surface area contributed by atoms with Crippen LogP contribution < -0.4 is 5.32 Å². The van der Waals surface area contributed by atoms with Gasteiger partial charge in [0, 0.05) is 18.6 Å². The topological polar surface area (TPSA) is 15.3 Å². The van der Waals surface area contributed by atoms with Gasteiger partial charge in [-0.05, 0) is 57.0 Å². The van der Waals surface area contributed by atoms with Gasteiger partial charge in [-0.15, -0.1) is 0 Å². The van der Waals surface area contributed by atoms with Crippen molar-refractivity contribution in [3.63, 3.8) is 0 Å². The number of hydrogen-bond acceptors (Lipinski definition) is 2. The molecule has 2 heteroatoms. The molecule has 4 aliphatic rings. The molecule has 0 aromatic carbocycles. The summed E-state index contributed by atoms with van der Waals surface area (Å²) in [7, 11) is 0. The number of rotatable bonds is 0. The molecule has 4 rings (SSSR count). The molecule has 3 heterocycles. The van der Waals surface area contributed by atoms with Crippen LogP contribution in [0, 0.1) is 11.8 Å². The van der Waals surface area contributed by atoms with Gasteiger partial charge in [0.2, 0.25) is 0 Å². The third-order valence-electron chi connectivity index (χ3n) is 5.51. The lowest BCUT2D eigenvalue weighted by molar-refractivity contribution is 0.0271. The average molecular weight is 232 g/mol. The Labute approximate surface area is 104 Å². The predicted molar refractivity (Wildman–Crippen MR) is 69.9 cm³/mol. The second-order valence-corrected chi connectivity index (χ2v) is 6.49. The molecular weight excluding hydrogens is 208 g/mol. The summed E-state index contributed by atoms with van der Waals surface area (Å²) in [6.45, 7) is 3.98. The monoisotopic (exact) mass is 232 g/mol. The molecule has 0 amide bonds. The summed E-state index contributed by atoms with van der Waals surface area (Å²) in [4.78, 5) is 2.81. The van der Waals surface area contributed by atoms with E-state index in [9.17, 15) is 0 Å². The first kappa shape index (κ1) is 10.6. The molecule has 0 unspecified atom stereocenters. The summed E-state index contributed by atoms with van der Waals surface area (Å²) < 4.78 is 0. The van der Waals surface area contributed by atoms with E-state index in [0.717, 1.165) is 23.9 Å². The fourth-order valence-electron chi connectivity index (χ4n) is 4.80. The number of fused-ring (bicyclic) bond motifs is 6. The van der Waals surface area contributed by atoms with Gasteiger partial charge < -0.3 is 5.32 Å². The largest absolute Gasteiger partial charge is 0.310 e. The molecule has 1 aliphatic carbocycles. The van der Waals surface area contributed by atoms with Gasteiger partial charge >= 0.3 is 0 Å². The Morgan fingerprint density at radius 3 is 3.24 bits per heavy atom. The van der Waals surface area contributed by atoms with E-state index in [1.54, 1.807) is 5.57 Å². The third-order valence-corrected chi connectivity index (χ3v) is 5.51. The van der Waals surface area contributed by atoms with Crippen LogP contribution in [0.4, 0.5) is 0 Å². The summed E-state index contributed by atoms with van der Waals surface area (Å²) in [6.07, 6.45) is 11.2. The zero-order chi connectivity index (χ0) is 11.2. The maximum atomic E-state index is 3.78. The highest BCUT2D eigenvalue weighted by molar-refractivity contribution is 5.23. The second-order valence-electron chi connectivity index (χ2n) is 6.49. The lowest BCUT2D eigenvalue weighted by Gasteiger charge is -2.52. The SMILES string of the molecule is C1=C2CCCN[C@H]2[C@@H]2C[C@H]1[C@@H]1CCCCN1C2. The van der Waals surface area contributed by atoms with Gasteiger partial charge in [-0.3, -0.25) is 4.90 Å². The summed E-state index contributed by atoms with van der Waals surface area (Å²) >= 11 is 0. The molecule has 1 N–H and O–H groups in total. The summed E-state index contributed by atoms with van der Waals surface area (Å²) in [5.74, 6) is 1.80. The molecule has 0 spiro atoms. The third kappa shape index (κ3) is 1.68. The second kappa shape index (κ2) is 4.10. The zero-order valence-electron chi connectivity index (χ0n) is 10.7. The molecule has 17 heavy (non-hydrogen) atoms. The normalized spacial score (nSPS) is 45.8. The van der Waals surface area contributed by atoms with E-state index in [1.165, 1.54) is 58.2 Å². The minimum atomic E-state index is 0.739. The van der Waals surface area contributed by atoms with Crippen LogP contribution in [-0.2, 0) is 0 Å². The summed E-state index contributed by atoms with van der Waals surface area (Å²) in [5, 5.41) is 3.78. The van der Waals surface area contributed by atoms with E-state index in [-0.39, 0.29) is 0 Å². The molecule has 4 atom stereocenters. The van der Waals surface area contributed by atoms with Crippen LogP contribution in [0.1, 0.15) is 38.5 Å². The van der Waals surface area contributed by atoms with Crippen LogP contribution in [0.25, 0.3) is 0 Å². The molecule has 0 aromatic heterocycles. The highest BCUT2D eigenvalue weighted by Gasteiger charge is 2.43. The van der Waals surface area contributed by atoms with Crippen molar-refractivity contribution in [2.24, 2.45) is 11.8 Å². The highest BCUT2D eigenvalue weighted by Crippen LogP contribution is 2.42. The Morgan fingerprint density at radius 2 is 2.24 bits per heavy atom. The number of piperidine rings is 3. The van der Waals surface area contributed by atoms with Crippen LogP contribution in [0.2, 0.25) is 0 Å². The van der Waals surface area contributed by atoms with E-state index in [4.69, 9.17) is 0 Å². The van der Waals surface area contributed by atoms with Crippen molar-refractivity contribution in [3.05, 3.63) is 11.6 Å². The number of hydrogen-bond donors (Lipinski definition) is 1. The van der Waals surface area contributed by atoms with Gasteiger partial charge in [-0.2, -0.15) is 0 Å². The Balaban J connectivity index is 1.64. The Morgan fingerprint density at radius 1 is 1.24 bits per heavy atom. The van der Waals surface area contributed by atoms with Crippen molar-refractivity contribution >= 4 is 0 Å². The lowest BCUT2D eigenvalue weighted by atomic mass is 9.68. The van der Waals surface area contributed by atoms with Crippen molar-refractivity contribution in [3.8, 4) is 0 Å². The fourth-order valence-corrected chi connectivity index (χ4v) is 4.80. The first-order chi connectivity index (χ1) is 8.42. The molecule has 3 aliphatic heterocycles. The van der Waals surface area contributed by atoms with Crippen LogP contribution in [-0.4, -0.2) is 36.6 Å². The van der Waals surface area contributed by atoms with E-state index in [1.807, 2.05) is 0 Å². The van der Waals surface area contributed by atoms with Crippen molar-refractivity contribution in [2.45, 2.75) is 50.6 Å². The summed E-state index contributed by atoms with van der Waals surface area (Å²) in [5.41, 5.74) is 1.77. The van der Waals surface area contributed by atoms with E-state index < -0.39 is 0 Å². The van der Waals surface area contributed by atoms with Gasteiger partial charge in [0.15, 0.2) is 0 Å². The molecule has 2 nitrogen and oxygen atoms in total. The quantitative estimate of drug-likeness (QED) is 0.644.